The Bertz CT molecular complexity index is 2290. The van der Waals surface area contributed by atoms with Crippen molar-refractivity contribution in [1.82, 2.24) is 9.97 Å². The number of pyridine rings is 2. The molecule has 6 nitrogen and oxygen atoms in total. The number of nitrogens with two attached hydrogens (primary N) is 1. The molecule has 6 heteroatoms. The minimum absolute atomic E-state index is 0. The molecule has 0 radical (unpaired) electrons. The first-order chi connectivity index (χ1) is 32.0. The second-order valence-corrected chi connectivity index (χ2v) is 24.3. The fourth-order valence-corrected chi connectivity index (χ4v) is 6.50. The van der Waals surface area contributed by atoms with E-state index in [4.69, 9.17) is 15.6 Å². The Morgan fingerprint density at radius 1 is 0.465 bits per heavy atom. The lowest BCUT2D eigenvalue weighted by Gasteiger charge is -2.19. The molecule has 390 valence electrons. The minimum Gasteiger partial charge on any atom is -0.481 e. The SMILES string of the molecule is C.CC(C)(C)c1cccc(C(N)=O)c1.CC(C)(C)c1cccc(CO)c1.COc1cc(C(C)(C)C)ccn1.Cc1cc(C(C)(C)C)ccn1.Cc1cccc(C(C)(C)C)c1.Cc1cccc(C(C)(C)C)c1. The highest BCUT2D eigenvalue weighted by molar-refractivity contribution is 5.92. The van der Waals surface area contributed by atoms with Crippen LogP contribution in [0.4, 0.5) is 0 Å². The van der Waals surface area contributed by atoms with E-state index >= 15 is 0 Å². The predicted octanol–water partition coefficient (Wildman–Crippen LogP) is 16.9. The molecule has 0 aliphatic carbocycles. The predicted molar refractivity (Wildman–Crippen MR) is 308 cm³/mol. The maximum atomic E-state index is 10.9. The summed E-state index contributed by atoms with van der Waals surface area (Å²) in [5.74, 6) is 0.313. The van der Waals surface area contributed by atoms with Gasteiger partial charge < -0.3 is 15.6 Å². The summed E-state index contributed by atoms with van der Waals surface area (Å²) in [5.41, 5.74) is 19.6. The van der Waals surface area contributed by atoms with Crippen molar-refractivity contribution in [1.29, 1.82) is 0 Å². The Labute approximate surface area is 434 Å². The van der Waals surface area contributed by atoms with Crippen LogP contribution < -0.4 is 10.5 Å². The van der Waals surface area contributed by atoms with E-state index in [-0.39, 0.29) is 52.4 Å². The molecule has 0 aliphatic rings. The van der Waals surface area contributed by atoms with Gasteiger partial charge in [-0.2, -0.15) is 0 Å². The van der Waals surface area contributed by atoms with Crippen LogP contribution in [0.15, 0.2) is 134 Å². The van der Waals surface area contributed by atoms with Gasteiger partial charge >= 0.3 is 0 Å². The molecule has 6 rings (SSSR count). The molecule has 0 aliphatic heterocycles. The molecule has 0 bridgehead atoms. The molecule has 2 aromatic heterocycles. The molecule has 0 saturated heterocycles. The highest BCUT2D eigenvalue weighted by atomic mass is 16.5. The molecular weight excluding hydrogens is 871 g/mol. The highest BCUT2D eigenvalue weighted by Crippen LogP contribution is 2.27. The van der Waals surface area contributed by atoms with Gasteiger partial charge in [0.2, 0.25) is 11.8 Å². The van der Waals surface area contributed by atoms with Crippen LogP contribution in [0.25, 0.3) is 0 Å². The third-order valence-electron chi connectivity index (χ3n) is 11.3. The van der Waals surface area contributed by atoms with Crippen LogP contribution in [0, 0.1) is 20.8 Å². The van der Waals surface area contributed by atoms with E-state index in [0.29, 0.717) is 11.4 Å². The molecule has 0 atom stereocenters. The number of carbonyl (C=O) groups excluding carboxylic acids is 1. The van der Waals surface area contributed by atoms with Crippen LogP contribution >= 0.6 is 0 Å². The zero-order valence-electron chi connectivity index (χ0n) is 47.6. The topological polar surface area (TPSA) is 98.3 Å². The Balaban J connectivity index is 0.000000827. The molecule has 71 heavy (non-hydrogen) atoms. The van der Waals surface area contributed by atoms with E-state index in [2.05, 4.69) is 221 Å². The summed E-state index contributed by atoms with van der Waals surface area (Å²) >= 11 is 0. The minimum atomic E-state index is -0.369. The Hall–Kier alpha value is -5.59. The number of methoxy groups -OCH3 is 1. The number of rotatable bonds is 3. The van der Waals surface area contributed by atoms with Gasteiger partial charge in [0.05, 0.1) is 13.7 Å². The van der Waals surface area contributed by atoms with Gasteiger partial charge in [-0.05, 0) is 123 Å². The Morgan fingerprint density at radius 3 is 1.13 bits per heavy atom. The fraction of sp³-hybridized carbons (Fsp3) is 0.462. The lowest BCUT2D eigenvalue weighted by molar-refractivity contribution is 0.1000. The van der Waals surface area contributed by atoms with Crippen LogP contribution in [0.5, 0.6) is 5.88 Å². The van der Waals surface area contributed by atoms with Crippen molar-refractivity contribution in [2.24, 2.45) is 5.73 Å². The number of nitrogens with zero attached hydrogens (tertiary/aromatic N) is 2. The first-order valence-electron chi connectivity index (χ1n) is 24.7. The van der Waals surface area contributed by atoms with Crippen molar-refractivity contribution in [2.45, 2.75) is 192 Å². The van der Waals surface area contributed by atoms with Gasteiger partial charge in [0.1, 0.15) is 0 Å². The van der Waals surface area contributed by atoms with Crippen molar-refractivity contribution in [2.75, 3.05) is 7.11 Å². The van der Waals surface area contributed by atoms with Crippen molar-refractivity contribution in [3.63, 3.8) is 0 Å². The number of benzene rings is 4. The van der Waals surface area contributed by atoms with Gasteiger partial charge in [0.15, 0.2) is 0 Å². The molecule has 1 amide bonds. The van der Waals surface area contributed by atoms with Crippen LogP contribution in [0.1, 0.15) is 198 Å². The monoisotopic (exact) mass is 968 g/mol. The Morgan fingerprint density at radius 2 is 0.803 bits per heavy atom. The number of hydrogen-bond acceptors (Lipinski definition) is 5. The smallest absolute Gasteiger partial charge is 0.248 e. The van der Waals surface area contributed by atoms with E-state index in [1.165, 1.54) is 38.9 Å². The van der Waals surface area contributed by atoms with Crippen LogP contribution in [-0.4, -0.2) is 28.1 Å². The lowest BCUT2D eigenvalue weighted by Crippen LogP contribution is -2.15. The summed E-state index contributed by atoms with van der Waals surface area (Å²) in [5, 5.41) is 8.93. The number of aliphatic hydroxyl groups excluding tert-OH is 1. The van der Waals surface area contributed by atoms with Gasteiger partial charge in [-0.25, -0.2) is 4.98 Å². The van der Waals surface area contributed by atoms with E-state index < -0.39 is 0 Å². The second kappa shape index (κ2) is 28.4. The highest BCUT2D eigenvalue weighted by Gasteiger charge is 2.17. The number of carbonyl (C=O) groups is 1. The summed E-state index contributed by atoms with van der Waals surface area (Å²) in [4.78, 5) is 19.1. The number of aryl methyl sites for hydroxylation is 3. The average Bonchev–Trinajstić information content (AvgIpc) is 3.26. The molecule has 0 unspecified atom stereocenters. The molecule has 6 aromatic rings. The average molecular weight is 969 g/mol. The third-order valence-corrected chi connectivity index (χ3v) is 11.3. The van der Waals surface area contributed by atoms with Gasteiger partial charge in [-0.1, -0.05) is 228 Å². The number of aliphatic hydroxyl groups is 1. The number of primary amides is 1. The zero-order valence-corrected chi connectivity index (χ0v) is 47.6. The molecule has 0 saturated carbocycles. The first kappa shape index (κ1) is 65.4. The largest absolute Gasteiger partial charge is 0.481 e. The van der Waals surface area contributed by atoms with Crippen molar-refractivity contribution in [3.8, 4) is 5.88 Å². The molecule has 0 fully saturated rings. The number of amides is 1. The summed E-state index contributed by atoms with van der Waals surface area (Å²) in [6.45, 7) is 45.8. The van der Waals surface area contributed by atoms with Crippen LogP contribution in [-0.2, 0) is 39.1 Å². The summed E-state index contributed by atoms with van der Waals surface area (Å²) in [6.07, 6.45) is 3.65. The van der Waals surface area contributed by atoms with Gasteiger partial charge in [-0.3, -0.25) is 9.78 Å². The lowest BCUT2D eigenvalue weighted by atomic mass is 9.86. The summed E-state index contributed by atoms with van der Waals surface area (Å²) in [7, 11) is 1.63. The number of aromatic nitrogens is 2. The molecule has 0 spiro atoms. The molecule has 4 aromatic carbocycles. The van der Waals surface area contributed by atoms with Gasteiger partial charge in [0.25, 0.3) is 0 Å². The van der Waals surface area contributed by atoms with Crippen LogP contribution in [0.2, 0.25) is 0 Å². The summed E-state index contributed by atoms with van der Waals surface area (Å²) in [6, 6.07) is 41.1. The van der Waals surface area contributed by atoms with E-state index in [1.807, 2.05) is 55.6 Å². The normalized spacial score (nSPS) is 11.4. The van der Waals surface area contributed by atoms with Gasteiger partial charge in [-0.15, -0.1) is 0 Å². The Kier molecular flexibility index (Phi) is 26.2. The maximum absolute atomic E-state index is 10.9. The van der Waals surface area contributed by atoms with Crippen molar-refractivity contribution >= 4 is 5.91 Å². The quantitative estimate of drug-likeness (QED) is 0.184. The maximum Gasteiger partial charge on any atom is 0.248 e. The van der Waals surface area contributed by atoms with E-state index in [0.717, 1.165) is 16.8 Å². The van der Waals surface area contributed by atoms with Gasteiger partial charge in [0, 0.05) is 29.7 Å². The fourth-order valence-electron chi connectivity index (χ4n) is 6.50. The van der Waals surface area contributed by atoms with Crippen molar-refractivity contribution < 1.29 is 14.6 Å². The van der Waals surface area contributed by atoms with Crippen molar-refractivity contribution in [3.05, 3.63) is 195 Å². The first-order valence-corrected chi connectivity index (χ1v) is 24.7. The second-order valence-electron chi connectivity index (χ2n) is 24.3. The van der Waals surface area contributed by atoms with Crippen LogP contribution in [0.3, 0.4) is 0 Å². The third kappa shape index (κ3) is 25.9. The summed E-state index contributed by atoms with van der Waals surface area (Å²) < 4.78 is 5.04. The number of ether oxygens (including phenoxy) is 1. The molecular formula is C65H97N3O3. The zero-order chi connectivity index (χ0) is 53.9. The number of hydrogen-bond donors (Lipinski definition) is 2. The van der Waals surface area contributed by atoms with E-state index in [9.17, 15) is 4.79 Å². The standard InChI is InChI=1S/C11H15NO.C11H16O.2C11H16.C10H15NO.C10H15N.CH4/c1-11(2,3)9-6-4-5-8(7-9)10(12)13;1-11(2,3)10-6-4-5-9(7-10)8-12;2*1-9-6-5-7-10(8-9)11(2,3)4;1-10(2,3)8-5-6-11-9(7-8)12-4;1-8-7-9(5-6-11-8)10(2,3)4;/h4-7H,1-3H3,(H2,12,13);4-7,12H,8H2,1-3H3;2*5-8H,1-4H3;5-7H,1-4H3;5-7H,1-4H3;1H4. The molecule has 2 heterocycles. The molecule has 3 N–H and O–H groups in total. The van der Waals surface area contributed by atoms with E-state index in [1.54, 1.807) is 19.4 Å².